The molecule has 2 N–H and O–H groups in total. The van der Waals surface area contributed by atoms with E-state index in [-0.39, 0.29) is 58.2 Å². The Kier molecular flexibility index (Phi) is 9.11. The molecule has 5 fully saturated rings. The van der Waals surface area contributed by atoms with Crippen LogP contribution in [0, 0.1) is 44.3 Å². The summed E-state index contributed by atoms with van der Waals surface area (Å²) in [6.45, 7) is 19.9. The molecule has 286 valence electrons. The van der Waals surface area contributed by atoms with Gasteiger partial charge in [-0.3, -0.25) is 28.7 Å². The van der Waals surface area contributed by atoms with Crippen molar-refractivity contribution in [2.45, 2.75) is 131 Å². The maximum absolute atomic E-state index is 15.0. The predicted molar refractivity (Wildman–Crippen MR) is 193 cm³/mol. The molecular formula is C39H56N4O8S. The van der Waals surface area contributed by atoms with Crippen molar-refractivity contribution in [2.24, 2.45) is 44.3 Å². The average Bonchev–Trinajstić information content (AvgIpc) is 3.93. The molecule has 3 amide bonds. The highest BCUT2D eigenvalue weighted by Crippen LogP contribution is 2.88. The standard InChI is InChI=1S/C39H56N4O8S/c1-10-23-19-37(23,33(48)42-52(49,50)24-12-13-24)21-28(45)26-20-39(36(8,9)38(39)15-11-16-38)22-43(26)32(47)25(34(2,3)4)18-27(44)30(35(5,6)7)41-31(46)29-14-17-40-51-29/h10,14,17,23-26,30H,1,11-13,15-16,18-22H2,2-9H3,(H,41,46)(H,42,48)/t23-,25-,26+,30-,37-,39-/m1/s1. The second-order valence-electron chi connectivity index (χ2n) is 19.1. The zero-order valence-corrected chi connectivity index (χ0v) is 32.8. The minimum Gasteiger partial charge on any atom is -0.351 e. The number of carbonyl (C=O) groups excluding carboxylic acids is 5. The number of sulfonamides is 1. The molecule has 1 saturated heterocycles. The van der Waals surface area contributed by atoms with E-state index in [1.807, 2.05) is 41.5 Å². The number of aromatic nitrogens is 1. The van der Waals surface area contributed by atoms with Gasteiger partial charge in [0.15, 0.2) is 11.6 Å². The van der Waals surface area contributed by atoms with Gasteiger partial charge >= 0.3 is 0 Å². The highest BCUT2D eigenvalue weighted by atomic mass is 32.2. The Hall–Kier alpha value is -3.35. The normalized spacial score (nSPS) is 29.9. The molecule has 1 aromatic rings. The topological polar surface area (TPSA) is 173 Å². The summed E-state index contributed by atoms with van der Waals surface area (Å²) >= 11 is 0. The molecule has 6 atom stereocenters. The SMILES string of the molecule is C=C[C@@H]1C[C@]1(CC(=O)[C@@H]1C[C@@]2(CN1C(=O)[C@@H](CC(=O)[C@@H](NC(=O)c1ccno1)C(C)(C)C)C(C)(C)C)C(C)(C)C21CCC1)C(=O)NS(=O)(=O)C1CC1. The smallest absolute Gasteiger partial charge is 0.290 e. The first-order valence-electron chi connectivity index (χ1n) is 18.7. The minimum absolute atomic E-state index is 0.0135. The van der Waals surface area contributed by atoms with Gasteiger partial charge in [0.1, 0.15) is 0 Å². The van der Waals surface area contributed by atoms with Crippen molar-refractivity contribution >= 4 is 39.3 Å². The summed E-state index contributed by atoms with van der Waals surface area (Å²) in [4.78, 5) is 72.1. The van der Waals surface area contributed by atoms with Gasteiger partial charge in [-0.05, 0) is 66.1 Å². The summed E-state index contributed by atoms with van der Waals surface area (Å²) in [5, 5.41) is 5.80. The van der Waals surface area contributed by atoms with Gasteiger partial charge in [-0.1, -0.05) is 73.0 Å². The fraction of sp³-hybridized carbons (Fsp3) is 0.744. The fourth-order valence-corrected chi connectivity index (χ4v) is 11.4. The van der Waals surface area contributed by atoms with Crippen LogP contribution < -0.4 is 10.0 Å². The van der Waals surface area contributed by atoms with Crippen LogP contribution in [0.3, 0.4) is 0 Å². The number of nitrogens with one attached hydrogen (secondary N) is 2. The van der Waals surface area contributed by atoms with Crippen LogP contribution in [0.2, 0.25) is 0 Å². The van der Waals surface area contributed by atoms with E-state index in [4.69, 9.17) is 4.52 Å². The van der Waals surface area contributed by atoms with E-state index in [0.29, 0.717) is 32.2 Å². The monoisotopic (exact) mass is 740 g/mol. The number of fused-ring (bicyclic) bond motifs is 1. The molecule has 4 aliphatic carbocycles. The number of hydrogen-bond donors (Lipinski definition) is 2. The van der Waals surface area contributed by atoms with Crippen LogP contribution in [0.25, 0.3) is 0 Å². The molecule has 0 unspecified atom stereocenters. The number of allylic oxidation sites excluding steroid dienone is 1. The second-order valence-corrected chi connectivity index (χ2v) is 21.0. The average molecular weight is 741 g/mol. The van der Waals surface area contributed by atoms with Gasteiger partial charge in [0.05, 0.1) is 28.9 Å². The lowest BCUT2D eigenvalue weighted by atomic mass is 9.73. The van der Waals surface area contributed by atoms with Gasteiger partial charge in [-0.2, -0.15) is 0 Å². The summed E-state index contributed by atoms with van der Waals surface area (Å²) in [5.74, 6) is -3.35. The van der Waals surface area contributed by atoms with Crippen LogP contribution in [0.5, 0.6) is 0 Å². The molecule has 2 heterocycles. The van der Waals surface area contributed by atoms with Gasteiger partial charge in [-0.25, -0.2) is 8.42 Å². The number of rotatable bonds is 13. The summed E-state index contributed by atoms with van der Waals surface area (Å²) < 4.78 is 32.8. The van der Waals surface area contributed by atoms with Crippen molar-refractivity contribution < 1.29 is 36.9 Å². The van der Waals surface area contributed by atoms with Crippen LogP contribution in [0.1, 0.15) is 124 Å². The molecule has 2 spiro atoms. The van der Waals surface area contributed by atoms with E-state index >= 15 is 4.79 Å². The van der Waals surface area contributed by atoms with Gasteiger partial charge < -0.3 is 14.7 Å². The molecule has 52 heavy (non-hydrogen) atoms. The van der Waals surface area contributed by atoms with E-state index in [1.54, 1.807) is 11.0 Å². The molecule has 0 radical (unpaired) electrons. The lowest BCUT2D eigenvalue weighted by Gasteiger charge is -2.37. The Morgan fingerprint density at radius 1 is 1.04 bits per heavy atom. The van der Waals surface area contributed by atoms with Crippen molar-refractivity contribution in [1.29, 1.82) is 0 Å². The number of likely N-dealkylation sites (tertiary alicyclic amines) is 1. The summed E-state index contributed by atoms with van der Waals surface area (Å²) in [7, 11) is -3.83. The van der Waals surface area contributed by atoms with Crippen LogP contribution >= 0.6 is 0 Å². The van der Waals surface area contributed by atoms with E-state index in [2.05, 4.69) is 35.6 Å². The molecule has 0 aromatic carbocycles. The first-order chi connectivity index (χ1) is 24.0. The molecule has 13 heteroatoms. The quantitative estimate of drug-likeness (QED) is 0.264. The third-order valence-electron chi connectivity index (χ3n) is 13.9. The van der Waals surface area contributed by atoms with Crippen molar-refractivity contribution in [2.75, 3.05) is 6.54 Å². The summed E-state index contributed by atoms with van der Waals surface area (Å²) in [6, 6.07) is -0.359. The Labute approximate surface area is 307 Å². The number of Topliss-reactive ketones (excluding diaryl/α,β-unsaturated/α-hetero) is 2. The fourth-order valence-electron chi connectivity index (χ4n) is 10.0. The van der Waals surface area contributed by atoms with Crippen molar-refractivity contribution in [3.8, 4) is 0 Å². The first-order valence-corrected chi connectivity index (χ1v) is 20.3. The Bertz CT molecular complexity index is 1780. The number of nitrogens with zero attached hydrogens (tertiary/aromatic N) is 2. The molecule has 1 aliphatic heterocycles. The Balaban J connectivity index is 1.29. The minimum atomic E-state index is -3.83. The molecule has 6 rings (SSSR count). The van der Waals surface area contributed by atoms with E-state index in [0.717, 1.165) is 19.3 Å². The largest absolute Gasteiger partial charge is 0.351 e. The molecule has 12 nitrogen and oxygen atoms in total. The predicted octanol–water partition coefficient (Wildman–Crippen LogP) is 5.00. The molecule has 1 aromatic heterocycles. The summed E-state index contributed by atoms with van der Waals surface area (Å²) in [6.07, 6.45) is 7.49. The van der Waals surface area contributed by atoms with Crippen molar-refractivity contribution in [3.05, 3.63) is 30.7 Å². The second kappa shape index (κ2) is 12.3. The highest BCUT2D eigenvalue weighted by Gasteiger charge is 2.85. The first kappa shape index (κ1) is 38.4. The van der Waals surface area contributed by atoms with Crippen LogP contribution in [-0.4, -0.2) is 71.6 Å². The zero-order valence-electron chi connectivity index (χ0n) is 32.0. The number of amides is 3. The van der Waals surface area contributed by atoms with Gasteiger partial charge in [0.25, 0.3) is 5.91 Å². The number of hydrogen-bond acceptors (Lipinski definition) is 9. The van der Waals surface area contributed by atoms with Crippen LogP contribution in [-0.2, 0) is 29.2 Å². The third kappa shape index (κ3) is 6.06. The van der Waals surface area contributed by atoms with Gasteiger partial charge in [0.2, 0.25) is 27.6 Å². The summed E-state index contributed by atoms with van der Waals surface area (Å²) in [5.41, 5.74) is -3.01. The maximum atomic E-state index is 15.0. The molecule has 4 saturated carbocycles. The number of carbonyl (C=O) groups is 5. The van der Waals surface area contributed by atoms with Crippen molar-refractivity contribution in [3.63, 3.8) is 0 Å². The molecular weight excluding hydrogens is 685 g/mol. The molecule has 0 bridgehead atoms. The third-order valence-corrected chi connectivity index (χ3v) is 15.7. The van der Waals surface area contributed by atoms with E-state index in [9.17, 15) is 27.6 Å². The maximum Gasteiger partial charge on any atom is 0.290 e. The lowest BCUT2D eigenvalue weighted by molar-refractivity contribution is -0.146. The molecule has 5 aliphatic rings. The van der Waals surface area contributed by atoms with Gasteiger partial charge in [-0.15, -0.1) is 6.58 Å². The lowest BCUT2D eigenvalue weighted by Crippen LogP contribution is -2.52. The van der Waals surface area contributed by atoms with E-state index in [1.165, 1.54) is 12.3 Å². The van der Waals surface area contributed by atoms with Crippen LogP contribution in [0.4, 0.5) is 0 Å². The highest BCUT2D eigenvalue weighted by molar-refractivity contribution is 7.90. The Morgan fingerprint density at radius 2 is 1.69 bits per heavy atom. The van der Waals surface area contributed by atoms with Gasteiger partial charge in [0, 0.05) is 36.8 Å². The van der Waals surface area contributed by atoms with Crippen LogP contribution in [0.15, 0.2) is 29.4 Å². The number of ketones is 2. The van der Waals surface area contributed by atoms with Crippen molar-refractivity contribution in [1.82, 2.24) is 20.1 Å². The van der Waals surface area contributed by atoms with E-state index < -0.39 is 61.3 Å². The Morgan fingerprint density at radius 3 is 2.15 bits per heavy atom. The zero-order chi connectivity index (χ0) is 38.4.